The summed E-state index contributed by atoms with van der Waals surface area (Å²) in [7, 11) is -3.92. The Hall–Kier alpha value is -4.51. The van der Waals surface area contributed by atoms with Crippen molar-refractivity contribution in [1.29, 1.82) is 0 Å². The Morgan fingerprint density at radius 3 is 2.00 bits per heavy atom. The second kappa shape index (κ2) is 9.55. The predicted octanol–water partition coefficient (Wildman–Crippen LogP) is 2.99. The first kappa shape index (κ1) is 22.7. The van der Waals surface area contributed by atoms with Crippen molar-refractivity contribution >= 4 is 50.3 Å². The summed E-state index contributed by atoms with van der Waals surface area (Å²) < 4.78 is 28.2. The Balaban J connectivity index is 1.64. The fraction of sp³-hybridized carbons (Fsp3) is 0.0435. The molecule has 0 saturated heterocycles. The van der Waals surface area contributed by atoms with Crippen LogP contribution < -0.4 is 15.4 Å². The molecule has 0 aliphatic rings. The number of fused-ring (bicyclic) bond motifs is 1. The van der Waals surface area contributed by atoms with E-state index in [0.29, 0.717) is 16.7 Å². The molecule has 11 heteroatoms. The van der Waals surface area contributed by atoms with Crippen LogP contribution in [0.2, 0.25) is 0 Å². The summed E-state index contributed by atoms with van der Waals surface area (Å²) in [6.07, 6.45) is 0. The summed E-state index contributed by atoms with van der Waals surface area (Å²) in [5, 5.41) is 14.0. The maximum Gasteiger partial charge on any atom is 0.322 e. The zero-order chi connectivity index (χ0) is 24.1. The number of sulfonamides is 1. The molecular formula is C23H19N5O5S. The molecule has 0 spiro atoms. The lowest BCUT2D eigenvalue weighted by molar-refractivity contribution is -0.135. The molecule has 1 heterocycles. The highest BCUT2D eigenvalue weighted by molar-refractivity contribution is 7.92. The Kier molecular flexibility index (Phi) is 6.37. The van der Waals surface area contributed by atoms with Crippen LogP contribution in [-0.2, 0) is 14.8 Å². The van der Waals surface area contributed by atoms with Crippen LogP contribution >= 0.6 is 0 Å². The summed E-state index contributed by atoms with van der Waals surface area (Å²) in [5.41, 5.74) is 1.84. The number of aromatic nitrogens is 2. The number of carboxylic acids is 1. The van der Waals surface area contributed by atoms with E-state index < -0.39 is 28.4 Å². The first-order chi connectivity index (χ1) is 16.3. The maximum absolute atomic E-state index is 12.9. The quantitative estimate of drug-likeness (QED) is 0.302. The third kappa shape index (κ3) is 5.27. The van der Waals surface area contributed by atoms with Gasteiger partial charge in [0.25, 0.3) is 15.9 Å². The molecule has 34 heavy (non-hydrogen) atoms. The van der Waals surface area contributed by atoms with Crippen molar-refractivity contribution in [2.45, 2.75) is 4.90 Å². The maximum atomic E-state index is 12.9. The number of carbonyl (C=O) groups excluding carboxylic acids is 1. The first-order valence-electron chi connectivity index (χ1n) is 10.0. The molecule has 10 nitrogen and oxygen atoms in total. The van der Waals surface area contributed by atoms with Gasteiger partial charge in [0.1, 0.15) is 6.54 Å². The first-order valence-corrected chi connectivity index (χ1v) is 11.5. The van der Waals surface area contributed by atoms with E-state index in [-0.39, 0.29) is 22.1 Å². The number of amides is 1. The van der Waals surface area contributed by atoms with Gasteiger partial charge in [0.2, 0.25) is 0 Å². The van der Waals surface area contributed by atoms with Gasteiger partial charge < -0.3 is 15.7 Å². The third-order valence-corrected chi connectivity index (χ3v) is 6.02. The average molecular weight is 478 g/mol. The van der Waals surface area contributed by atoms with Gasteiger partial charge in [-0.2, -0.15) is 0 Å². The van der Waals surface area contributed by atoms with Crippen LogP contribution in [0.1, 0.15) is 10.4 Å². The molecule has 0 fully saturated rings. The van der Waals surface area contributed by atoms with Gasteiger partial charge in [-0.15, -0.1) is 0 Å². The smallest absolute Gasteiger partial charge is 0.322 e. The highest BCUT2D eigenvalue weighted by Gasteiger charge is 2.19. The van der Waals surface area contributed by atoms with Crippen molar-refractivity contribution in [1.82, 2.24) is 15.3 Å². The van der Waals surface area contributed by atoms with Gasteiger partial charge in [-0.05, 0) is 48.5 Å². The predicted molar refractivity (Wildman–Crippen MR) is 126 cm³/mol. The van der Waals surface area contributed by atoms with Crippen molar-refractivity contribution in [3.05, 3.63) is 84.4 Å². The number of hydrogen-bond donors (Lipinski definition) is 4. The molecule has 1 amide bonds. The summed E-state index contributed by atoms with van der Waals surface area (Å²) in [6, 6.07) is 21.1. The molecule has 3 aromatic carbocycles. The largest absolute Gasteiger partial charge is 0.480 e. The number of benzene rings is 3. The Bertz CT molecular complexity index is 1460. The normalized spacial score (nSPS) is 11.1. The van der Waals surface area contributed by atoms with Crippen LogP contribution in [-0.4, -0.2) is 41.9 Å². The number of nitrogens with one attached hydrogen (secondary N) is 3. The number of nitrogens with zero attached hydrogens (tertiary/aromatic N) is 2. The molecule has 172 valence electrons. The molecule has 1 aromatic heterocycles. The zero-order valence-electron chi connectivity index (χ0n) is 17.6. The van der Waals surface area contributed by atoms with Crippen molar-refractivity contribution in [3.63, 3.8) is 0 Å². The van der Waals surface area contributed by atoms with E-state index in [1.165, 1.54) is 24.3 Å². The number of anilines is 3. The van der Waals surface area contributed by atoms with Crippen LogP contribution in [0.5, 0.6) is 0 Å². The van der Waals surface area contributed by atoms with Gasteiger partial charge in [-0.25, -0.2) is 18.4 Å². The fourth-order valence-corrected chi connectivity index (χ4v) is 4.07. The van der Waals surface area contributed by atoms with Gasteiger partial charge in [-0.1, -0.05) is 30.3 Å². The van der Waals surface area contributed by atoms with Gasteiger partial charge in [-0.3, -0.25) is 14.3 Å². The van der Waals surface area contributed by atoms with Crippen molar-refractivity contribution < 1.29 is 23.1 Å². The lowest BCUT2D eigenvalue weighted by Crippen LogP contribution is -2.29. The summed E-state index contributed by atoms with van der Waals surface area (Å²) in [4.78, 5) is 31.7. The number of aliphatic carboxylic acids is 1. The molecular weight excluding hydrogens is 458 g/mol. The van der Waals surface area contributed by atoms with Gasteiger partial charge in [0.15, 0.2) is 11.6 Å². The van der Waals surface area contributed by atoms with E-state index >= 15 is 0 Å². The minimum Gasteiger partial charge on any atom is -0.480 e. The third-order valence-electron chi connectivity index (χ3n) is 4.67. The van der Waals surface area contributed by atoms with Crippen LogP contribution in [0.25, 0.3) is 11.0 Å². The Labute approximate surface area is 194 Å². The molecule has 4 N–H and O–H groups in total. The van der Waals surface area contributed by atoms with Gasteiger partial charge in [0, 0.05) is 11.3 Å². The van der Waals surface area contributed by atoms with Gasteiger partial charge >= 0.3 is 5.97 Å². The lowest BCUT2D eigenvalue weighted by atomic mass is 10.2. The molecule has 0 aliphatic carbocycles. The summed E-state index contributed by atoms with van der Waals surface area (Å²) in [6.45, 7) is -0.490. The molecule has 0 aliphatic heterocycles. The minimum atomic E-state index is -3.92. The molecule has 4 rings (SSSR count). The molecule has 0 radical (unpaired) electrons. The number of carbonyl (C=O) groups is 2. The van der Waals surface area contributed by atoms with E-state index in [4.69, 9.17) is 5.11 Å². The van der Waals surface area contributed by atoms with E-state index in [9.17, 15) is 18.0 Å². The van der Waals surface area contributed by atoms with E-state index in [1.54, 1.807) is 54.6 Å². The van der Waals surface area contributed by atoms with Crippen molar-refractivity contribution in [3.8, 4) is 0 Å². The topological polar surface area (TPSA) is 150 Å². The highest BCUT2D eigenvalue weighted by Crippen LogP contribution is 2.27. The zero-order valence-corrected chi connectivity index (χ0v) is 18.4. The SMILES string of the molecule is O=C(O)CNC(=O)c1ccc(Nc2nc3ccccc3nc2NS(=O)(=O)c2ccccc2)cc1. The second-order valence-corrected chi connectivity index (χ2v) is 8.79. The average Bonchev–Trinajstić information content (AvgIpc) is 2.83. The van der Waals surface area contributed by atoms with Crippen LogP contribution in [0, 0.1) is 0 Å². The Morgan fingerprint density at radius 1 is 0.794 bits per heavy atom. The van der Waals surface area contributed by atoms with E-state index in [1.807, 2.05) is 0 Å². The molecule has 0 unspecified atom stereocenters. The lowest BCUT2D eigenvalue weighted by Gasteiger charge is -2.14. The molecule has 0 saturated carbocycles. The fourth-order valence-electron chi connectivity index (χ4n) is 3.04. The van der Waals surface area contributed by atoms with E-state index in [2.05, 4.69) is 25.3 Å². The minimum absolute atomic E-state index is 0.00540. The molecule has 0 atom stereocenters. The van der Waals surface area contributed by atoms with Crippen LogP contribution in [0.15, 0.2) is 83.8 Å². The number of para-hydroxylation sites is 2. The number of hydrogen-bond acceptors (Lipinski definition) is 7. The monoisotopic (exact) mass is 477 g/mol. The van der Waals surface area contributed by atoms with Gasteiger partial charge in [0.05, 0.1) is 15.9 Å². The standard InChI is InChI=1S/C23H19N5O5S/c29-20(30)14-24-23(31)15-10-12-16(13-11-15)25-21-22(27-19-9-5-4-8-18(19)26-21)28-34(32,33)17-6-2-1-3-7-17/h1-13H,14H2,(H,24,31)(H,25,26)(H,27,28)(H,29,30). The van der Waals surface area contributed by atoms with Crippen LogP contribution in [0.3, 0.4) is 0 Å². The van der Waals surface area contributed by atoms with E-state index in [0.717, 1.165) is 0 Å². The summed E-state index contributed by atoms with van der Waals surface area (Å²) in [5.74, 6) is -1.50. The Morgan fingerprint density at radius 2 is 1.38 bits per heavy atom. The van der Waals surface area contributed by atoms with Crippen molar-refractivity contribution in [2.24, 2.45) is 0 Å². The van der Waals surface area contributed by atoms with Crippen LogP contribution in [0.4, 0.5) is 17.3 Å². The number of carboxylic acid groups (broad SMARTS) is 1. The second-order valence-electron chi connectivity index (χ2n) is 7.11. The molecule has 4 aromatic rings. The number of rotatable bonds is 8. The summed E-state index contributed by atoms with van der Waals surface area (Å²) >= 11 is 0. The molecule has 0 bridgehead atoms. The highest BCUT2D eigenvalue weighted by atomic mass is 32.2. The van der Waals surface area contributed by atoms with Crippen molar-refractivity contribution in [2.75, 3.05) is 16.6 Å².